The lowest BCUT2D eigenvalue weighted by molar-refractivity contribution is -0.130. The van der Waals surface area contributed by atoms with Crippen LogP contribution in [0.5, 0.6) is 0 Å². The largest absolute Gasteiger partial charge is 0.467 e. The van der Waals surface area contributed by atoms with Crippen LogP contribution in [0.2, 0.25) is 0 Å². The zero-order valence-electron chi connectivity index (χ0n) is 17.9. The van der Waals surface area contributed by atoms with Crippen molar-refractivity contribution in [2.75, 3.05) is 5.75 Å². The molecule has 1 amide bonds. The van der Waals surface area contributed by atoms with Crippen molar-refractivity contribution in [3.8, 4) is 5.69 Å². The van der Waals surface area contributed by atoms with Crippen molar-refractivity contribution in [2.45, 2.75) is 17.6 Å². The number of carbonyl (C=O) groups excluding carboxylic acids is 1. The van der Waals surface area contributed by atoms with Gasteiger partial charge in [-0.25, -0.2) is 5.01 Å². The van der Waals surface area contributed by atoms with Crippen molar-refractivity contribution in [3.63, 3.8) is 0 Å². The van der Waals surface area contributed by atoms with Crippen LogP contribution in [-0.2, 0) is 4.79 Å². The molecule has 0 N–H and O–H groups in total. The Labute approximate surface area is 198 Å². The number of hydrogen-bond acceptors (Lipinski definition) is 7. The number of rotatable bonds is 6. The molecule has 3 aromatic heterocycles. The normalized spacial score (nSPS) is 15.7. The molecule has 4 heterocycles. The molecule has 1 aliphatic heterocycles. The number of para-hydroxylation sites is 2. The summed E-state index contributed by atoms with van der Waals surface area (Å²) in [7, 11) is 0. The highest BCUT2D eigenvalue weighted by Gasteiger charge is 2.36. The standard InChI is InChI=1S/C25H19N5O3S/c31-24(15-34-25-27-26-16-29(25)18-8-2-1-3-9-18)30-20(22-11-6-12-32-22)14-19(28-30)23-13-17-7-4-5-10-21(17)33-23/h1-13,16,20H,14-15H2. The van der Waals surface area contributed by atoms with Crippen molar-refractivity contribution in [1.82, 2.24) is 19.8 Å². The molecule has 0 spiro atoms. The summed E-state index contributed by atoms with van der Waals surface area (Å²) in [6, 6.07) is 22.9. The minimum atomic E-state index is -0.335. The molecule has 2 aromatic carbocycles. The van der Waals surface area contributed by atoms with Gasteiger partial charge in [0, 0.05) is 17.5 Å². The lowest BCUT2D eigenvalue weighted by Gasteiger charge is -2.19. The van der Waals surface area contributed by atoms with E-state index in [-0.39, 0.29) is 17.7 Å². The minimum absolute atomic E-state index is 0.152. The summed E-state index contributed by atoms with van der Waals surface area (Å²) in [5.74, 6) is 1.34. The third-order valence-corrected chi connectivity index (χ3v) is 6.55. The molecule has 168 valence electrons. The quantitative estimate of drug-likeness (QED) is 0.322. The molecule has 5 aromatic rings. The molecule has 1 atom stereocenters. The van der Waals surface area contributed by atoms with E-state index in [1.807, 2.05) is 77.4 Å². The molecule has 0 bridgehead atoms. The molecule has 0 saturated heterocycles. The van der Waals surface area contributed by atoms with Gasteiger partial charge in [-0.1, -0.05) is 48.2 Å². The average molecular weight is 470 g/mol. The van der Waals surface area contributed by atoms with Crippen molar-refractivity contribution < 1.29 is 13.6 Å². The van der Waals surface area contributed by atoms with Gasteiger partial charge in [-0.05, 0) is 36.4 Å². The Bertz CT molecular complexity index is 1440. The third-order valence-electron chi connectivity index (χ3n) is 5.62. The van der Waals surface area contributed by atoms with Gasteiger partial charge in [-0.3, -0.25) is 9.36 Å². The first-order valence-electron chi connectivity index (χ1n) is 10.8. The van der Waals surface area contributed by atoms with Gasteiger partial charge in [0.05, 0.1) is 12.0 Å². The molecular weight excluding hydrogens is 450 g/mol. The van der Waals surface area contributed by atoms with E-state index in [0.29, 0.717) is 28.8 Å². The molecule has 9 heteroatoms. The van der Waals surface area contributed by atoms with Crippen molar-refractivity contribution in [3.05, 3.63) is 96.9 Å². The number of furan rings is 2. The number of fused-ring (bicyclic) bond motifs is 1. The van der Waals surface area contributed by atoms with E-state index in [0.717, 1.165) is 16.7 Å². The first kappa shape index (κ1) is 20.5. The fourth-order valence-electron chi connectivity index (χ4n) is 4.00. The number of carbonyl (C=O) groups is 1. The maximum Gasteiger partial charge on any atom is 0.253 e. The second kappa shape index (κ2) is 8.68. The maximum atomic E-state index is 13.3. The molecule has 8 nitrogen and oxygen atoms in total. The van der Waals surface area contributed by atoms with Gasteiger partial charge in [-0.15, -0.1) is 10.2 Å². The fourth-order valence-corrected chi connectivity index (χ4v) is 4.78. The maximum absolute atomic E-state index is 13.3. The number of hydrogen-bond donors (Lipinski definition) is 0. The molecule has 0 fully saturated rings. The molecule has 1 aliphatic rings. The van der Waals surface area contributed by atoms with Gasteiger partial charge >= 0.3 is 0 Å². The van der Waals surface area contributed by atoms with Gasteiger partial charge in [-0.2, -0.15) is 5.10 Å². The van der Waals surface area contributed by atoms with Gasteiger partial charge in [0.2, 0.25) is 0 Å². The number of benzene rings is 2. The second-order valence-corrected chi connectivity index (χ2v) is 8.72. The summed E-state index contributed by atoms with van der Waals surface area (Å²) >= 11 is 1.32. The molecule has 0 radical (unpaired) electrons. The number of amides is 1. The van der Waals surface area contributed by atoms with Gasteiger partial charge in [0.15, 0.2) is 10.9 Å². The highest BCUT2D eigenvalue weighted by Crippen LogP contribution is 2.35. The summed E-state index contributed by atoms with van der Waals surface area (Å²) in [6.07, 6.45) is 3.75. The highest BCUT2D eigenvalue weighted by atomic mass is 32.2. The van der Waals surface area contributed by atoms with Crippen LogP contribution in [0.1, 0.15) is 24.0 Å². The topological polar surface area (TPSA) is 89.7 Å². The van der Waals surface area contributed by atoms with E-state index in [4.69, 9.17) is 8.83 Å². The van der Waals surface area contributed by atoms with Crippen LogP contribution in [0.3, 0.4) is 0 Å². The van der Waals surface area contributed by atoms with Crippen LogP contribution in [0.4, 0.5) is 0 Å². The number of nitrogens with zero attached hydrogens (tertiary/aromatic N) is 5. The van der Waals surface area contributed by atoms with Gasteiger partial charge in [0.25, 0.3) is 5.91 Å². The average Bonchev–Trinajstić information content (AvgIpc) is 3.68. The van der Waals surface area contributed by atoms with Crippen molar-refractivity contribution in [1.29, 1.82) is 0 Å². The monoisotopic (exact) mass is 469 g/mol. The Morgan fingerprint density at radius 1 is 1.06 bits per heavy atom. The Morgan fingerprint density at radius 2 is 1.91 bits per heavy atom. The first-order chi connectivity index (χ1) is 16.8. The smallest absolute Gasteiger partial charge is 0.253 e. The molecule has 34 heavy (non-hydrogen) atoms. The SMILES string of the molecule is O=C(CSc1nncn1-c1ccccc1)N1N=C(c2cc3ccccc3o2)CC1c1ccco1. The van der Waals surface area contributed by atoms with Crippen LogP contribution in [-0.4, -0.2) is 37.1 Å². The summed E-state index contributed by atoms with van der Waals surface area (Å²) < 4.78 is 13.5. The summed E-state index contributed by atoms with van der Waals surface area (Å²) in [5, 5.41) is 16.0. The summed E-state index contributed by atoms with van der Waals surface area (Å²) in [5.41, 5.74) is 2.43. The lowest BCUT2D eigenvalue weighted by atomic mass is 10.1. The Kier molecular flexibility index (Phi) is 5.23. The van der Waals surface area contributed by atoms with Crippen molar-refractivity contribution >= 4 is 34.3 Å². The molecule has 1 unspecified atom stereocenters. The number of aromatic nitrogens is 3. The predicted molar refractivity (Wildman–Crippen MR) is 128 cm³/mol. The van der Waals surface area contributed by atoms with E-state index >= 15 is 0 Å². The second-order valence-electron chi connectivity index (χ2n) is 7.78. The Hall–Kier alpha value is -4.11. The fraction of sp³-hybridized carbons (Fsp3) is 0.120. The van der Waals surface area contributed by atoms with E-state index in [2.05, 4.69) is 15.3 Å². The Morgan fingerprint density at radius 3 is 2.74 bits per heavy atom. The zero-order chi connectivity index (χ0) is 22.9. The van der Waals surface area contributed by atoms with Crippen LogP contribution in [0, 0.1) is 0 Å². The van der Waals surface area contributed by atoms with E-state index in [9.17, 15) is 4.79 Å². The lowest BCUT2D eigenvalue weighted by Crippen LogP contribution is -2.28. The minimum Gasteiger partial charge on any atom is -0.467 e. The molecule has 0 saturated carbocycles. The number of hydrazone groups is 1. The van der Waals surface area contributed by atoms with Crippen LogP contribution in [0.25, 0.3) is 16.7 Å². The predicted octanol–water partition coefficient (Wildman–Crippen LogP) is 5.08. The number of thioether (sulfide) groups is 1. The first-order valence-corrected chi connectivity index (χ1v) is 11.7. The van der Waals surface area contributed by atoms with Crippen LogP contribution in [0.15, 0.2) is 104 Å². The summed E-state index contributed by atoms with van der Waals surface area (Å²) in [6.45, 7) is 0. The van der Waals surface area contributed by atoms with E-state index in [1.54, 1.807) is 12.6 Å². The van der Waals surface area contributed by atoms with Crippen molar-refractivity contribution in [2.24, 2.45) is 5.10 Å². The molecular formula is C25H19N5O3S. The van der Waals surface area contributed by atoms with Gasteiger partial charge < -0.3 is 8.83 Å². The van der Waals surface area contributed by atoms with Gasteiger partial charge in [0.1, 0.15) is 29.4 Å². The summed E-state index contributed by atoms with van der Waals surface area (Å²) in [4.78, 5) is 13.3. The van der Waals surface area contributed by atoms with E-state index < -0.39 is 0 Å². The Balaban J connectivity index is 1.25. The highest BCUT2D eigenvalue weighted by molar-refractivity contribution is 7.99. The van der Waals surface area contributed by atoms with Crippen LogP contribution < -0.4 is 0 Å². The third kappa shape index (κ3) is 3.80. The molecule has 6 rings (SSSR count). The zero-order valence-corrected chi connectivity index (χ0v) is 18.8. The van der Waals surface area contributed by atoms with Crippen LogP contribution >= 0.6 is 11.8 Å². The molecule has 0 aliphatic carbocycles. The van der Waals surface area contributed by atoms with E-state index in [1.165, 1.54) is 16.8 Å².